The molecule has 26 heavy (non-hydrogen) atoms. The molecule has 3 aromatic rings. The van der Waals surface area contributed by atoms with Crippen molar-refractivity contribution in [3.63, 3.8) is 0 Å². The van der Waals surface area contributed by atoms with Crippen LogP contribution in [0.2, 0.25) is 0 Å². The Morgan fingerprint density at radius 3 is 1.96 bits per heavy atom. The molecule has 2 amide bonds. The van der Waals surface area contributed by atoms with E-state index in [2.05, 4.69) is 21.0 Å². The van der Waals surface area contributed by atoms with Gasteiger partial charge in [0.05, 0.1) is 17.3 Å². The highest BCUT2D eigenvalue weighted by atomic mass is 79.9. The number of carbonyl (C=O) groups is 2. The van der Waals surface area contributed by atoms with Crippen LogP contribution in [0.5, 0.6) is 0 Å². The third-order valence-electron chi connectivity index (χ3n) is 5.03. The van der Waals surface area contributed by atoms with Gasteiger partial charge in [-0.3, -0.25) is 9.59 Å². The molecule has 0 radical (unpaired) electrons. The molecular formula is C21H13BrN2O2. The van der Waals surface area contributed by atoms with Crippen molar-refractivity contribution >= 4 is 44.7 Å². The predicted octanol–water partition coefficient (Wildman–Crippen LogP) is 4.33. The van der Waals surface area contributed by atoms with Crippen molar-refractivity contribution in [3.8, 4) is 0 Å². The Morgan fingerprint density at radius 1 is 0.808 bits per heavy atom. The zero-order valence-electron chi connectivity index (χ0n) is 13.7. The van der Waals surface area contributed by atoms with E-state index in [1.165, 1.54) is 17.3 Å². The van der Waals surface area contributed by atoms with Crippen molar-refractivity contribution in [2.24, 2.45) is 5.10 Å². The maximum atomic E-state index is 12.9. The number of hydrogen-bond acceptors (Lipinski definition) is 3. The van der Waals surface area contributed by atoms with Gasteiger partial charge in [0.2, 0.25) is 0 Å². The fraction of sp³-hybridized carbons (Fsp3) is 0.0952. The molecule has 3 aromatic carbocycles. The number of imide groups is 1. The van der Waals surface area contributed by atoms with Crippen LogP contribution in [0.1, 0.15) is 37.4 Å². The van der Waals surface area contributed by atoms with Crippen LogP contribution in [-0.2, 0) is 12.8 Å². The molecular weight excluding hydrogens is 392 g/mol. The average Bonchev–Trinajstić information content (AvgIpc) is 3.08. The summed E-state index contributed by atoms with van der Waals surface area (Å²) >= 11 is 3.38. The van der Waals surface area contributed by atoms with Crippen LogP contribution in [0.4, 0.5) is 0 Å². The molecule has 0 atom stereocenters. The third-order valence-corrected chi connectivity index (χ3v) is 5.56. The third kappa shape index (κ3) is 2.17. The Labute approximate surface area is 158 Å². The second-order valence-corrected chi connectivity index (χ2v) is 7.43. The van der Waals surface area contributed by atoms with Gasteiger partial charge in [-0.05, 0) is 59.2 Å². The maximum absolute atomic E-state index is 12.9. The standard InChI is InChI=1S/C21H13BrN2O2/c22-15-7-1-12(2-8-15)11-23-24-20(25)16-9-5-13-3-4-14-6-10-17(21(24)26)19(16)18(13)14/h1-2,5-11H,3-4H2/b23-11-. The first-order valence-electron chi connectivity index (χ1n) is 8.39. The van der Waals surface area contributed by atoms with E-state index in [-0.39, 0.29) is 11.8 Å². The number of hydrogen-bond donors (Lipinski definition) is 0. The molecule has 5 rings (SSSR count). The lowest BCUT2D eigenvalue weighted by Crippen LogP contribution is -2.36. The van der Waals surface area contributed by atoms with Gasteiger partial charge in [0.1, 0.15) is 0 Å². The van der Waals surface area contributed by atoms with Gasteiger partial charge in [0.25, 0.3) is 11.8 Å². The highest BCUT2D eigenvalue weighted by Crippen LogP contribution is 2.38. The van der Waals surface area contributed by atoms with E-state index in [1.54, 1.807) is 0 Å². The van der Waals surface area contributed by atoms with Crippen LogP contribution in [-0.4, -0.2) is 23.0 Å². The zero-order valence-corrected chi connectivity index (χ0v) is 15.3. The normalized spacial score (nSPS) is 15.5. The SMILES string of the molecule is O=C1c2ccc3c4c(ccc(c24)C(=O)N1/N=C\c1ccc(Br)cc1)CC3. The van der Waals surface area contributed by atoms with E-state index in [1.807, 2.05) is 48.5 Å². The summed E-state index contributed by atoms with van der Waals surface area (Å²) in [6.07, 6.45) is 3.46. The number of benzene rings is 3. The Morgan fingerprint density at radius 2 is 1.38 bits per heavy atom. The van der Waals surface area contributed by atoms with Crippen molar-refractivity contribution in [1.82, 2.24) is 5.01 Å². The topological polar surface area (TPSA) is 49.7 Å². The van der Waals surface area contributed by atoms with Crippen molar-refractivity contribution in [2.75, 3.05) is 0 Å². The maximum Gasteiger partial charge on any atom is 0.282 e. The molecule has 0 saturated carbocycles. The first-order chi connectivity index (χ1) is 12.6. The number of rotatable bonds is 2. The molecule has 1 aliphatic carbocycles. The van der Waals surface area contributed by atoms with Crippen LogP contribution in [0.15, 0.2) is 58.1 Å². The number of hydrazone groups is 1. The van der Waals surface area contributed by atoms with E-state index >= 15 is 0 Å². The van der Waals surface area contributed by atoms with Crippen molar-refractivity contribution in [2.45, 2.75) is 12.8 Å². The molecule has 126 valence electrons. The highest BCUT2D eigenvalue weighted by molar-refractivity contribution is 9.10. The van der Waals surface area contributed by atoms with Gasteiger partial charge >= 0.3 is 0 Å². The van der Waals surface area contributed by atoms with Crippen LogP contribution < -0.4 is 0 Å². The largest absolute Gasteiger partial charge is 0.282 e. The molecule has 0 bridgehead atoms. The molecule has 0 saturated heterocycles. The first kappa shape index (κ1) is 15.5. The summed E-state index contributed by atoms with van der Waals surface area (Å²) in [5.41, 5.74) is 4.35. The number of amides is 2. The van der Waals surface area contributed by atoms with Gasteiger partial charge < -0.3 is 0 Å². The summed E-state index contributed by atoms with van der Waals surface area (Å²) in [5, 5.41) is 7.03. The smallest absolute Gasteiger partial charge is 0.267 e. The Bertz CT molecular complexity index is 1070. The quantitative estimate of drug-likeness (QED) is 0.471. The van der Waals surface area contributed by atoms with E-state index in [9.17, 15) is 9.59 Å². The molecule has 0 N–H and O–H groups in total. The second-order valence-electron chi connectivity index (χ2n) is 6.51. The lowest BCUT2D eigenvalue weighted by molar-refractivity contribution is 0.0616. The monoisotopic (exact) mass is 404 g/mol. The van der Waals surface area contributed by atoms with Crippen LogP contribution >= 0.6 is 15.9 Å². The fourth-order valence-electron chi connectivity index (χ4n) is 3.78. The van der Waals surface area contributed by atoms with Crippen molar-refractivity contribution in [3.05, 3.63) is 80.8 Å². The summed E-state index contributed by atoms with van der Waals surface area (Å²) in [4.78, 5) is 25.8. The number of nitrogens with zero attached hydrogens (tertiary/aromatic N) is 2. The molecule has 0 spiro atoms. The fourth-order valence-corrected chi connectivity index (χ4v) is 4.05. The first-order valence-corrected chi connectivity index (χ1v) is 9.18. The van der Waals surface area contributed by atoms with Crippen LogP contribution in [0, 0.1) is 0 Å². The van der Waals surface area contributed by atoms with Gasteiger partial charge in [0, 0.05) is 9.86 Å². The molecule has 1 heterocycles. The molecule has 0 unspecified atom stereocenters. The lowest BCUT2D eigenvalue weighted by atomic mass is 9.92. The number of halogens is 1. The Balaban J connectivity index is 1.62. The minimum atomic E-state index is -0.369. The summed E-state index contributed by atoms with van der Waals surface area (Å²) in [5.74, 6) is -0.738. The van der Waals surface area contributed by atoms with Gasteiger partial charge in [-0.15, -0.1) is 0 Å². The number of carbonyl (C=O) groups excluding carboxylic acids is 2. The second kappa shape index (κ2) is 5.61. The molecule has 0 fully saturated rings. The van der Waals surface area contributed by atoms with Gasteiger partial charge in [-0.1, -0.05) is 40.2 Å². The van der Waals surface area contributed by atoms with E-state index in [4.69, 9.17) is 0 Å². The molecule has 5 heteroatoms. The average molecular weight is 405 g/mol. The van der Waals surface area contributed by atoms with Crippen molar-refractivity contribution in [1.29, 1.82) is 0 Å². The van der Waals surface area contributed by atoms with Gasteiger partial charge in [-0.2, -0.15) is 10.1 Å². The van der Waals surface area contributed by atoms with Crippen molar-refractivity contribution < 1.29 is 9.59 Å². The Kier molecular flexibility index (Phi) is 3.34. The van der Waals surface area contributed by atoms with Gasteiger partial charge in [-0.25, -0.2) is 0 Å². The van der Waals surface area contributed by atoms with Gasteiger partial charge in [0.15, 0.2) is 0 Å². The summed E-state index contributed by atoms with van der Waals surface area (Å²) < 4.78 is 0.956. The zero-order chi connectivity index (χ0) is 17.8. The lowest BCUT2D eigenvalue weighted by Gasteiger charge is -2.23. The van der Waals surface area contributed by atoms with E-state index in [0.717, 1.165) is 38.7 Å². The number of aryl methyl sites for hydroxylation is 2. The molecule has 0 aromatic heterocycles. The van der Waals surface area contributed by atoms with E-state index < -0.39 is 0 Å². The molecule has 2 aliphatic rings. The summed E-state index contributed by atoms with van der Waals surface area (Å²) in [7, 11) is 0. The molecule has 1 aliphatic heterocycles. The Hall–Kier alpha value is -2.79. The van der Waals surface area contributed by atoms with Crippen LogP contribution in [0.3, 0.4) is 0 Å². The summed E-state index contributed by atoms with van der Waals surface area (Å²) in [6, 6.07) is 15.2. The highest BCUT2D eigenvalue weighted by Gasteiger charge is 2.34. The van der Waals surface area contributed by atoms with E-state index in [0.29, 0.717) is 11.1 Å². The van der Waals surface area contributed by atoms with Crippen LogP contribution in [0.25, 0.3) is 10.8 Å². The minimum Gasteiger partial charge on any atom is -0.267 e. The summed E-state index contributed by atoms with van der Waals surface area (Å²) in [6.45, 7) is 0. The predicted molar refractivity (Wildman–Crippen MR) is 104 cm³/mol. The molecule has 4 nitrogen and oxygen atoms in total. The minimum absolute atomic E-state index is 0.369.